The van der Waals surface area contributed by atoms with E-state index >= 15 is 0 Å². The Kier molecular flexibility index (Phi) is 7.66. The lowest BCUT2D eigenvalue weighted by Crippen LogP contribution is -2.28. The van der Waals surface area contributed by atoms with E-state index in [9.17, 15) is 18.0 Å². The third-order valence-electron chi connectivity index (χ3n) is 6.85. The molecule has 2 fully saturated rings. The third-order valence-corrected chi connectivity index (χ3v) is 6.85. The van der Waals surface area contributed by atoms with Gasteiger partial charge in [-0.25, -0.2) is 4.39 Å². The molecule has 38 heavy (non-hydrogen) atoms. The Labute approximate surface area is 217 Å². The van der Waals surface area contributed by atoms with Crippen LogP contribution in [-0.2, 0) is 4.74 Å². The van der Waals surface area contributed by atoms with Crippen LogP contribution in [0.2, 0.25) is 0 Å². The van der Waals surface area contributed by atoms with E-state index in [-0.39, 0.29) is 29.6 Å². The number of methoxy groups -OCH3 is 2. The Morgan fingerprint density at radius 3 is 2.68 bits per heavy atom. The molecule has 1 aliphatic carbocycles. The van der Waals surface area contributed by atoms with Crippen molar-refractivity contribution in [2.75, 3.05) is 40.5 Å². The Morgan fingerprint density at radius 2 is 2.00 bits per heavy atom. The second-order valence-corrected chi connectivity index (χ2v) is 9.36. The molecule has 1 saturated heterocycles. The van der Waals surface area contributed by atoms with Gasteiger partial charge in [0.05, 0.1) is 25.5 Å². The summed E-state index contributed by atoms with van der Waals surface area (Å²) in [6.07, 6.45) is 1.79. The summed E-state index contributed by atoms with van der Waals surface area (Å²) in [7, 11) is 3.04. The first-order chi connectivity index (χ1) is 18.4. The molecule has 1 N–H and O–H groups in total. The Hall–Kier alpha value is -3.44. The third kappa shape index (κ3) is 5.68. The van der Waals surface area contributed by atoms with Gasteiger partial charge >= 0.3 is 6.61 Å². The minimum atomic E-state index is -3.18. The van der Waals surface area contributed by atoms with Gasteiger partial charge in [-0.3, -0.25) is 9.69 Å². The molecule has 2 aliphatic rings. The van der Waals surface area contributed by atoms with Crippen LogP contribution in [0.4, 0.5) is 13.2 Å². The van der Waals surface area contributed by atoms with Crippen LogP contribution in [0.5, 0.6) is 17.2 Å². The van der Waals surface area contributed by atoms with Crippen LogP contribution in [-0.4, -0.2) is 76.2 Å². The van der Waals surface area contributed by atoms with Crippen LogP contribution in [0, 0.1) is 0 Å². The number of benzene rings is 2. The van der Waals surface area contributed by atoms with Crippen LogP contribution < -0.4 is 19.5 Å². The highest BCUT2D eigenvalue weighted by atomic mass is 19.3. The summed E-state index contributed by atoms with van der Waals surface area (Å²) < 4.78 is 66.9. The fraction of sp³-hybridized carbons (Fsp3) is 0.444. The number of fused-ring (bicyclic) bond motifs is 1. The van der Waals surface area contributed by atoms with E-state index in [1.165, 1.54) is 25.5 Å². The zero-order valence-corrected chi connectivity index (χ0v) is 21.0. The van der Waals surface area contributed by atoms with Gasteiger partial charge in [-0.2, -0.15) is 8.78 Å². The Bertz CT molecular complexity index is 1300. The molecule has 0 bridgehead atoms. The first-order valence-corrected chi connectivity index (χ1v) is 12.4. The summed E-state index contributed by atoms with van der Waals surface area (Å²) in [5.41, 5.74) is 1.34. The first-order valence-electron chi connectivity index (χ1n) is 12.4. The maximum absolute atomic E-state index is 13.3. The van der Waals surface area contributed by atoms with Gasteiger partial charge in [0.25, 0.3) is 5.91 Å². The number of rotatable bonds is 11. The van der Waals surface area contributed by atoms with Gasteiger partial charge in [0, 0.05) is 50.2 Å². The average molecular weight is 535 g/mol. The van der Waals surface area contributed by atoms with E-state index in [0.29, 0.717) is 34.5 Å². The molecule has 0 radical (unpaired) electrons. The number of halogens is 3. The predicted octanol–water partition coefficient (Wildman–Crippen LogP) is 4.65. The molecule has 1 aromatic heterocycles. The molecule has 5 rings (SSSR count). The highest BCUT2D eigenvalue weighted by Crippen LogP contribution is 2.40. The average Bonchev–Trinajstić information content (AvgIpc) is 3.25. The van der Waals surface area contributed by atoms with Crippen molar-refractivity contribution in [1.82, 2.24) is 10.2 Å². The number of hydrogen-bond donors (Lipinski definition) is 1. The molecule has 1 aliphatic heterocycles. The van der Waals surface area contributed by atoms with E-state index in [1.54, 1.807) is 13.2 Å². The highest BCUT2D eigenvalue weighted by molar-refractivity contribution is 6.02. The predicted molar refractivity (Wildman–Crippen MR) is 133 cm³/mol. The van der Waals surface area contributed by atoms with Crippen LogP contribution in [0.3, 0.4) is 0 Å². The zero-order chi connectivity index (χ0) is 26.8. The number of alkyl halides is 3. The SMILES string of the molecule is COc1cc(-c2coc3cc(OCCN4CC[C@H](OC)C4)ccc23)cc(OC(F)F)c1C(=O)N[C@@H]1C[C@@H]1F. The molecule has 2 aromatic carbocycles. The normalized spacial score (nSPS) is 21.2. The first kappa shape index (κ1) is 26.2. The molecule has 1 saturated carbocycles. The van der Waals surface area contributed by atoms with Crippen LogP contribution >= 0.6 is 0 Å². The lowest BCUT2D eigenvalue weighted by atomic mass is 10.0. The van der Waals surface area contributed by atoms with Crippen LogP contribution in [0.15, 0.2) is 41.0 Å². The van der Waals surface area contributed by atoms with Crippen molar-refractivity contribution in [3.05, 3.63) is 42.2 Å². The van der Waals surface area contributed by atoms with Crippen molar-refractivity contribution in [3.63, 3.8) is 0 Å². The van der Waals surface area contributed by atoms with Gasteiger partial charge in [-0.1, -0.05) is 0 Å². The fourth-order valence-electron chi connectivity index (χ4n) is 4.68. The monoisotopic (exact) mass is 534 g/mol. The molecule has 3 atom stereocenters. The van der Waals surface area contributed by atoms with Gasteiger partial charge in [0.2, 0.25) is 0 Å². The summed E-state index contributed by atoms with van der Waals surface area (Å²) in [6, 6.07) is 7.58. The molecule has 11 heteroatoms. The van der Waals surface area contributed by atoms with Crippen molar-refractivity contribution in [2.45, 2.75) is 37.8 Å². The number of furan rings is 1. The zero-order valence-electron chi connectivity index (χ0n) is 21.0. The largest absolute Gasteiger partial charge is 0.496 e. The van der Waals surface area contributed by atoms with Crippen molar-refractivity contribution in [3.8, 4) is 28.4 Å². The molecule has 0 spiro atoms. The maximum Gasteiger partial charge on any atom is 0.387 e. The molecule has 0 unspecified atom stereocenters. The smallest absolute Gasteiger partial charge is 0.387 e. The number of likely N-dealkylation sites (tertiary alicyclic amines) is 1. The number of amides is 1. The van der Waals surface area contributed by atoms with E-state index in [1.807, 2.05) is 12.1 Å². The summed E-state index contributed by atoms with van der Waals surface area (Å²) in [6.45, 7) is -0.0351. The summed E-state index contributed by atoms with van der Waals surface area (Å²) in [4.78, 5) is 15.0. The maximum atomic E-state index is 13.3. The molecular weight excluding hydrogens is 505 g/mol. The van der Waals surface area contributed by atoms with Crippen LogP contribution in [0.1, 0.15) is 23.2 Å². The number of hydrogen-bond acceptors (Lipinski definition) is 7. The Morgan fingerprint density at radius 1 is 1.21 bits per heavy atom. The second kappa shape index (κ2) is 11.1. The Balaban J connectivity index is 1.36. The van der Waals surface area contributed by atoms with E-state index in [0.717, 1.165) is 26.1 Å². The van der Waals surface area contributed by atoms with Crippen molar-refractivity contribution < 1.29 is 41.3 Å². The van der Waals surface area contributed by atoms with Gasteiger partial charge < -0.3 is 28.7 Å². The molecular formula is C27H29F3N2O6. The second-order valence-electron chi connectivity index (χ2n) is 9.36. The fourth-order valence-corrected chi connectivity index (χ4v) is 4.68. The van der Waals surface area contributed by atoms with E-state index in [4.69, 9.17) is 18.6 Å². The number of nitrogens with zero attached hydrogens (tertiary/aromatic N) is 1. The number of nitrogens with one attached hydrogen (secondary N) is 1. The highest BCUT2D eigenvalue weighted by Gasteiger charge is 2.40. The standard InChI is InChI=1S/C27H29F3N2O6/c1-34-17-5-6-32(13-17)7-8-36-16-3-4-18-19(14-37-22(18)11-16)15-9-23(35-2)25(24(10-15)38-27(29)30)26(33)31-21-12-20(21)28/h3-4,9-11,14,17,20-21,27H,5-8,12-13H2,1-2H3,(H,31,33)/t17-,20-,21+/m0/s1. The van der Waals surface area contributed by atoms with Gasteiger partial charge in [0.15, 0.2) is 0 Å². The molecule has 2 heterocycles. The minimum Gasteiger partial charge on any atom is -0.496 e. The van der Waals surface area contributed by atoms with Gasteiger partial charge in [-0.05, 0) is 36.2 Å². The summed E-state index contributed by atoms with van der Waals surface area (Å²) in [5, 5.41) is 3.19. The van der Waals surface area contributed by atoms with Crippen LogP contribution in [0.25, 0.3) is 22.1 Å². The quantitative estimate of drug-likeness (QED) is 0.384. The van der Waals surface area contributed by atoms with Crippen molar-refractivity contribution >= 4 is 16.9 Å². The molecule has 8 nitrogen and oxygen atoms in total. The number of carbonyl (C=O) groups is 1. The minimum absolute atomic E-state index is 0.0126. The van der Waals surface area contributed by atoms with E-state index in [2.05, 4.69) is 15.0 Å². The van der Waals surface area contributed by atoms with Crippen molar-refractivity contribution in [2.24, 2.45) is 0 Å². The topological polar surface area (TPSA) is 82.4 Å². The molecule has 204 valence electrons. The van der Waals surface area contributed by atoms with Gasteiger partial charge in [-0.15, -0.1) is 0 Å². The molecule has 3 aromatic rings. The number of ether oxygens (including phenoxy) is 4. The lowest BCUT2D eigenvalue weighted by molar-refractivity contribution is -0.0502. The lowest BCUT2D eigenvalue weighted by Gasteiger charge is -2.16. The van der Waals surface area contributed by atoms with Crippen molar-refractivity contribution in [1.29, 1.82) is 0 Å². The molecule has 1 amide bonds. The van der Waals surface area contributed by atoms with Gasteiger partial charge in [0.1, 0.15) is 41.2 Å². The van der Waals surface area contributed by atoms with E-state index < -0.39 is 24.7 Å². The number of carbonyl (C=O) groups excluding carboxylic acids is 1. The summed E-state index contributed by atoms with van der Waals surface area (Å²) >= 11 is 0. The summed E-state index contributed by atoms with van der Waals surface area (Å²) in [5.74, 6) is -0.480.